The Morgan fingerprint density at radius 3 is 2.67 bits per heavy atom. The number of aromatic nitrogens is 2. The maximum Gasteiger partial charge on any atom is 0.290 e. The second-order valence-electron chi connectivity index (χ2n) is 3.51. The molecule has 0 aliphatic rings. The van der Waals surface area contributed by atoms with Crippen LogP contribution in [0.25, 0.3) is 0 Å². The molecule has 84 valence electrons. The molecule has 0 atom stereocenters. The van der Waals surface area contributed by atoms with Gasteiger partial charge >= 0.3 is 0 Å². The number of alkyl halides is 1. The monoisotopic (exact) mass is 229 g/mol. The van der Waals surface area contributed by atoms with Crippen molar-refractivity contribution in [1.82, 2.24) is 9.97 Å². The normalized spacial score (nSPS) is 11.4. The number of H-pyrrole nitrogens is 1. The molecule has 0 amide bonds. The number of anilines is 1. The SMILES string of the molecule is CCC(CC)(CCl)Nc1ncc[nH]c1=O. The Balaban J connectivity index is 2.93. The van der Waals surface area contributed by atoms with E-state index in [4.69, 9.17) is 11.6 Å². The fraction of sp³-hybridized carbons (Fsp3) is 0.600. The Kier molecular flexibility index (Phi) is 4.15. The Morgan fingerprint density at radius 1 is 1.53 bits per heavy atom. The lowest BCUT2D eigenvalue weighted by atomic mass is 9.95. The molecule has 0 aliphatic carbocycles. The summed E-state index contributed by atoms with van der Waals surface area (Å²) in [4.78, 5) is 18.0. The molecule has 2 N–H and O–H groups in total. The van der Waals surface area contributed by atoms with E-state index in [1.165, 1.54) is 6.20 Å². The van der Waals surface area contributed by atoms with Crippen LogP contribution in [0.2, 0.25) is 0 Å². The van der Waals surface area contributed by atoms with Crippen LogP contribution in [-0.4, -0.2) is 21.4 Å². The van der Waals surface area contributed by atoms with Crippen molar-refractivity contribution in [3.05, 3.63) is 22.7 Å². The van der Waals surface area contributed by atoms with Crippen molar-refractivity contribution >= 4 is 17.4 Å². The van der Waals surface area contributed by atoms with E-state index in [2.05, 4.69) is 15.3 Å². The Bertz CT molecular complexity index is 351. The van der Waals surface area contributed by atoms with E-state index < -0.39 is 0 Å². The van der Waals surface area contributed by atoms with E-state index >= 15 is 0 Å². The minimum Gasteiger partial charge on any atom is -0.359 e. The molecule has 0 radical (unpaired) electrons. The molecule has 0 aliphatic heterocycles. The highest BCUT2D eigenvalue weighted by atomic mass is 35.5. The number of hydrogen-bond acceptors (Lipinski definition) is 3. The standard InChI is InChI=1S/C10H16ClN3O/c1-3-10(4-2,7-11)14-8-9(15)13-6-5-12-8/h5-6H,3-4,7H2,1-2H3,(H,12,14)(H,13,15). The highest BCUT2D eigenvalue weighted by Gasteiger charge is 2.25. The summed E-state index contributed by atoms with van der Waals surface area (Å²) in [6.45, 7) is 4.08. The molecule has 1 aromatic heterocycles. The van der Waals surface area contributed by atoms with Crippen LogP contribution in [0.3, 0.4) is 0 Å². The van der Waals surface area contributed by atoms with Gasteiger partial charge in [-0.05, 0) is 12.8 Å². The van der Waals surface area contributed by atoms with Crippen LogP contribution in [0.4, 0.5) is 5.82 Å². The number of hydrogen-bond donors (Lipinski definition) is 2. The van der Waals surface area contributed by atoms with Gasteiger partial charge in [0.1, 0.15) is 0 Å². The van der Waals surface area contributed by atoms with Crippen molar-refractivity contribution in [2.45, 2.75) is 32.2 Å². The van der Waals surface area contributed by atoms with E-state index in [1.54, 1.807) is 6.20 Å². The lowest BCUT2D eigenvalue weighted by Gasteiger charge is -2.30. The topological polar surface area (TPSA) is 57.8 Å². The molecular formula is C10H16ClN3O. The summed E-state index contributed by atoms with van der Waals surface area (Å²) >= 11 is 5.92. The predicted molar refractivity (Wildman–Crippen MR) is 62.5 cm³/mol. The van der Waals surface area contributed by atoms with Gasteiger partial charge in [-0.25, -0.2) is 4.98 Å². The summed E-state index contributed by atoms with van der Waals surface area (Å²) in [5.41, 5.74) is -0.461. The van der Waals surface area contributed by atoms with Crippen LogP contribution in [0, 0.1) is 0 Å². The van der Waals surface area contributed by atoms with Crippen LogP contribution < -0.4 is 10.9 Å². The van der Waals surface area contributed by atoms with E-state index in [9.17, 15) is 4.79 Å². The molecule has 0 bridgehead atoms. The van der Waals surface area contributed by atoms with Gasteiger partial charge in [-0.15, -0.1) is 11.6 Å². The van der Waals surface area contributed by atoms with Crippen LogP contribution in [0.1, 0.15) is 26.7 Å². The predicted octanol–water partition coefficient (Wildman–Crippen LogP) is 1.98. The van der Waals surface area contributed by atoms with Gasteiger partial charge in [-0.1, -0.05) is 13.8 Å². The minimum absolute atomic E-state index is 0.214. The number of halogens is 1. The van der Waals surface area contributed by atoms with Gasteiger partial charge in [0, 0.05) is 18.3 Å². The van der Waals surface area contributed by atoms with E-state index in [1.807, 2.05) is 13.8 Å². The van der Waals surface area contributed by atoms with Gasteiger partial charge in [-0.3, -0.25) is 4.79 Å². The highest BCUT2D eigenvalue weighted by Crippen LogP contribution is 2.20. The number of aromatic amines is 1. The number of nitrogens with one attached hydrogen (secondary N) is 2. The van der Waals surface area contributed by atoms with Gasteiger partial charge in [0.05, 0.1) is 5.54 Å². The molecule has 1 rings (SSSR count). The molecular weight excluding hydrogens is 214 g/mol. The fourth-order valence-electron chi connectivity index (χ4n) is 1.34. The Labute approximate surface area is 94.1 Å². The lowest BCUT2D eigenvalue weighted by molar-refractivity contribution is 0.482. The van der Waals surface area contributed by atoms with E-state index in [0.717, 1.165) is 12.8 Å². The van der Waals surface area contributed by atoms with E-state index in [0.29, 0.717) is 11.7 Å². The summed E-state index contributed by atoms with van der Waals surface area (Å²) in [6, 6.07) is 0. The van der Waals surface area contributed by atoms with Gasteiger partial charge in [0.15, 0.2) is 5.82 Å². The second kappa shape index (κ2) is 5.16. The average molecular weight is 230 g/mol. The zero-order valence-electron chi connectivity index (χ0n) is 9.01. The average Bonchev–Trinajstić information content (AvgIpc) is 2.29. The van der Waals surface area contributed by atoms with Gasteiger partial charge in [-0.2, -0.15) is 0 Å². The fourth-order valence-corrected chi connectivity index (χ4v) is 1.79. The van der Waals surface area contributed by atoms with Crippen molar-refractivity contribution in [3.8, 4) is 0 Å². The maximum absolute atomic E-state index is 11.4. The first-order valence-corrected chi connectivity index (χ1v) is 5.58. The molecule has 0 saturated carbocycles. The van der Waals surface area contributed by atoms with E-state index in [-0.39, 0.29) is 11.1 Å². The smallest absolute Gasteiger partial charge is 0.290 e. The lowest BCUT2D eigenvalue weighted by Crippen LogP contribution is -2.41. The largest absolute Gasteiger partial charge is 0.359 e. The van der Waals surface area contributed by atoms with Gasteiger partial charge in [0.25, 0.3) is 5.56 Å². The quantitative estimate of drug-likeness (QED) is 0.760. The number of rotatable bonds is 5. The summed E-state index contributed by atoms with van der Waals surface area (Å²) in [5, 5.41) is 3.12. The third-order valence-corrected chi connectivity index (χ3v) is 3.21. The molecule has 0 fully saturated rings. The zero-order valence-corrected chi connectivity index (χ0v) is 9.77. The molecule has 15 heavy (non-hydrogen) atoms. The highest BCUT2D eigenvalue weighted by molar-refractivity contribution is 6.18. The second-order valence-corrected chi connectivity index (χ2v) is 3.78. The van der Waals surface area contributed by atoms with Crippen LogP contribution in [0.15, 0.2) is 17.2 Å². The molecule has 4 nitrogen and oxygen atoms in total. The summed E-state index contributed by atoms with van der Waals surface area (Å²) in [5.74, 6) is 0.789. The van der Waals surface area contributed by atoms with Crippen molar-refractivity contribution in [3.63, 3.8) is 0 Å². The van der Waals surface area contributed by atoms with Crippen molar-refractivity contribution in [2.75, 3.05) is 11.2 Å². The molecule has 1 aromatic rings. The molecule has 0 aromatic carbocycles. The molecule has 0 saturated heterocycles. The maximum atomic E-state index is 11.4. The Morgan fingerprint density at radius 2 is 2.20 bits per heavy atom. The van der Waals surface area contributed by atoms with Crippen molar-refractivity contribution in [1.29, 1.82) is 0 Å². The van der Waals surface area contributed by atoms with Crippen LogP contribution in [0.5, 0.6) is 0 Å². The summed E-state index contributed by atoms with van der Waals surface area (Å²) in [6.07, 6.45) is 4.76. The minimum atomic E-state index is -0.247. The van der Waals surface area contributed by atoms with Gasteiger partial charge in [0.2, 0.25) is 0 Å². The van der Waals surface area contributed by atoms with Crippen LogP contribution in [-0.2, 0) is 0 Å². The third kappa shape index (κ3) is 2.72. The van der Waals surface area contributed by atoms with Gasteiger partial charge < -0.3 is 10.3 Å². The zero-order chi connectivity index (χ0) is 11.3. The molecule has 1 heterocycles. The first kappa shape index (κ1) is 12.0. The van der Waals surface area contributed by atoms with Crippen molar-refractivity contribution < 1.29 is 0 Å². The molecule has 0 spiro atoms. The summed E-state index contributed by atoms with van der Waals surface area (Å²) in [7, 11) is 0. The first-order valence-electron chi connectivity index (χ1n) is 5.05. The number of nitrogens with zero attached hydrogens (tertiary/aromatic N) is 1. The first-order chi connectivity index (χ1) is 7.17. The molecule has 5 heteroatoms. The van der Waals surface area contributed by atoms with Crippen LogP contribution >= 0.6 is 11.6 Å². The van der Waals surface area contributed by atoms with Crippen molar-refractivity contribution in [2.24, 2.45) is 0 Å². The summed E-state index contributed by atoms with van der Waals surface area (Å²) < 4.78 is 0. The third-order valence-electron chi connectivity index (χ3n) is 2.70. The Hall–Kier alpha value is -1.03. The molecule has 0 unspecified atom stereocenters.